The van der Waals surface area contributed by atoms with Crippen LogP contribution >= 0.6 is 23.2 Å². The van der Waals surface area contributed by atoms with Gasteiger partial charge in [-0.05, 0) is 62.7 Å². The summed E-state index contributed by atoms with van der Waals surface area (Å²) >= 11 is 12.6. The predicted octanol–water partition coefficient (Wildman–Crippen LogP) is 5.68. The van der Waals surface area contributed by atoms with Crippen molar-refractivity contribution in [3.05, 3.63) is 57.3 Å². The fraction of sp³-hybridized carbons (Fsp3) is 0.478. The van der Waals surface area contributed by atoms with E-state index < -0.39 is 5.82 Å². The minimum atomic E-state index is -0.412. The maximum atomic E-state index is 14.0. The first kappa shape index (κ1) is 23.1. The lowest BCUT2D eigenvalue weighted by Crippen LogP contribution is -2.37. The number of rotatable bonds is 10. The monoisotopic (exact) mass is 454 g/mol. The first-order valence-electron chi connectivity index (χ1n) is 10.5. The minimum absolute atomic E-state index is 0.0303. The van der Waals surface area contributed by atoms with E-state index >= 15 is 0 Å². The molecule has 3 rings (SSSR count). The van der Waals surface area contributed by atoms with Crippen LogP contribution in [-0.4, -0.2) is 37.2 Å². The van der Waals surface area contributed by atoms with Gasteiger partial charge in [-0.2, -0.15) is 0 Å². The highest BCUT2D eigenvalue weighted by Crippen LogP contribution is 2.38. The van der Waals surface area contributed by atoms with Gasteiger partial charge in [0.2, 0.25) is 0 Å². The third-order valence-electron chi connectivity index (χ3n) is 5.41. The van der Waals surface area contributed by atoms with E-state index in [2.05, 4.69) is 17.1 Å². The second kappa shape index (κ2) is 11.2. The van der Waals surface area contributed by atoms with Gasteiger partial charge < -0.3 is 14.8 Å². The Hall–Kier alpha value is -1.53. The van der Waals surface area contributed by atoms with Crippen LogP contribution in [0.15, 0.2) is 30.3 Å². The number of hydrogen-bond donors (Lipinski definition) is 1. The van der Waals surface area contributed by atoms with E-state index in [0.29, 0.717) is 46.3 Å². The first-order chi connectivity index (χ1) is 14.5. The van der Waals surface area contributed by atoms with E-state index in [1.54, 1.807) is 12.1 Å². The zero-order valence-electron chi connectivity index (χ0n) is 17.5. The van der Waals surface area contributed by atoms with Crippen LogP contribution in [0.25, 0.3) is 0 Å². The lowest BCUT2D eigenvalue weighted by Gasteiger charge is -2.23. The first-order valence-corrected chi connectivity index (χ1v) is 11.2. The van der Waals surface area contributed by atoms with Gasteiger partial charge in [0, 0.05) is 24.7 Å². The van der Waals surface area contributed by atoms with E-state index in [9.17, 15) is 4.39 Å². The van der Waals surface area contributed by atoms with Gasteiger partial charge in [-0.3, -0.25) is 4.90 Å². The Balaban J connectivity index is 1.67. The van der Waals surface area contributed by atoms with Gasteiger partial charge >= 0.3 is 0 Å². The maximum Gasteiger partial charge on any atom is 0.180 e. The standard InChI is InChI=1S/C23H29Cl2FN2O2/c1-3-28-10-6-7-17(28)14-27-13-16-11-20(25)23(22(12-16)29-4-2)30-15-18-19(24)8-5-9-21(18)26/h5,8-9,11-12,17,27H,3-4,6-7,10,13-15H2,1-2H3/t17-/m1/s1. The van der Waals surface area contributed by atoms with Crippen LogP contribution in [0.4, 0.5) is 4.39 Å². The molecule has 1 atom stereocenters. The third kappa shape index (κ3) is 5.79. The summed E-state index contributed by atoms with van der Waals surface area (Å²) in [5.41, 5.74) is 1.31. The number of nitrogens with one attached hydrogen (secondary N) is 1. The molecule has 1 heterocycles. The molecule has 1 aliphatic heterocycles. The molecule has 2 aromatic carbocycles. The summed E-state index contributed by atoms with van der Waals surface area (Å²) in [6.45, 7) is 8.45. The molecule has 0 spiro atoms. The molecule has 2 aromatic rings. The molecule has 0 radical (unpaired) electrons. The molecule has 0 unspecified atom stereocenters. The molecule has 1 N–H and O–H groups in total. The molecule has 164 valence electrons. The Morgan fingerprint density at radius 2 is 2.00 bits per heavy atom. The summed E-state index contributed by atoms with van der Waals surface area (Å²) < 4.78 is 25.6. The maximum absolute atomic E-state index is 14.0. The van der Waals surface area contributed by atoms with Crippen LogP contribution < -0.4 is 14.8 Å². The highest BCUT2D eigenvalue weighted by molar-refractivity contribution is 6.32. The Morgan fingerprint density at radius 1 is 1.17 bits per heavy atom. The van der Waals surface area contributed by atoms with Gasteiger partial charge in [-0.1, -0.05) is 36.2 Å². The molecule has 30 heavy (non-hydrogen) atoms. The highest BCUT2D eigenvalue weighted by atomic mass is 35.5. The summed E-state index contributed by atoms with van der Waals surface area (Å²) in [7, 11) is 0. The molecule has 0 aromatic heterocycles. The summed E-state index contributed by atoms with van der Waals surface area (Å²) in [5.74, 6) is 0.533. The van der Waals surface area contributed by atoms with Gasteiger partial charge in [0.15, 0.2) is 11.5 Å². The van der Waals surface area contributed by atoms with Gasteiger partial charge in [0.25, 0.3) is 0 Å². The average Bonchev–Trinajstić information content (AvgIpc) is 3.17. The number of likely N-dealkylation sites (N-methyl/N-ethyl adjacent to an activating group) is 1. The summed E-state index contributed by atoms with van der Waals surface area (Å²) in [6, 6.07) is 8.92. The Labute approximate surface area is 188 Å². The normalized spacial score (nSPS) is 16.8. The van der Waals surface area contributed by atoms with Crippen molar-refractivity contribution < 1.29 is 13.9 Å². The van der Waals surface area contributed by atoms with Crippen molar-refractivity contribution in [2.45, 2.75) is 45.9 Å². The fourth-order valence-electron chi connectivity index (χ4n) is 3.87. The summed E-state index contributed by atoms with van der Waals surface area (Å²) in [6.07, 6.45) is 2.50. The van der Waals surface area contributed by atoms with Crippen LogP contribution in [-0.2, 0) is 13.2 Å². The second-order valence-corrected chi connectivity index (χ2v) is 8.20. The summed E-state index contributed by atoms with van der Waals surface area (Å²) in [5, 5.41) is 4.28. The number of nitrogens with zero attached hydrogens (tertiary/aromatic N) is 1. The van der Waals surface area contributed by atoms with Crippen molar-refractivity contribution in [3.8, 4) is 11.5 Å². The van der Waals surface area contributed by atoms with Gasteiger partial charge in [0.1, 0.15) is 12.4 Å². The summed E-state index contributed by atoms with van der Waals surface area (Å²) in [4.78, 5) is 2.51. The molecule has 0 amide bonds. The zero-order chi connectivity index (χ0) is 21.5. The van der Waals surface area contributed by atoms with Crippen LogP contribution in [0.2, 0.25) is 10.0 Å². The number of ether oxygens (including phenoxy) is 2. The van der Waals surface area contributed by atoms with Gasteiger partial charge in [-0.15, -0.1) is 0 Å². The molecule has 1 saturated heterocycles. The van der Waals surface area contributed by atoms with E-state index in [-0.39, 0.29) is 6.61 Å². The second-order valence-electron chi connectivity index (χ2n) is 7.38. The molecular weight excluding hydrogens is 426 g/mol. The van der Waals surface area contributed by atoms with Gasteiger partial charge in [0.05, 0.1) is 16.7 Å². The van der Waals surface area contributed by atoms with Crippen molar-refractivity contribution in [2.75, 3.05) is 26.2 Å². The van der Waals surface area contributed by atoms with Crippen molar-refractivity contribution in [3.63, 3.8) is 0 Å². The molecule has 0 bridgehead atoms. The van der Waals surface area contributed by atoms with Crippen molar-refractivity contribution in [2.24, 2.45) is 0 Å². The lowest BCUT2D eigenvalue weighted by atomic mass is 10.1. The Morgan fingerprint density at radius 3 is 2.73 bits per heavy atom. The van der Waals surface area contributed by atoms with E-state index in [4.69, 9.17) is 32.7 Å². The Kier molecular flexibility index (Phi) is 8.63. The number of likely N-dealkylation sites (tertiary alicyclic amines) is 1. The SMILES string of the molecule is CCOc1cc(CNC[C@H]2CCCN2CC)cc(Cl)c1OCc1c(F)cccc1Cl. The topological polar surface area (TPSA) is 33.7 Å². The molecular formula is C23H29Cl2FN2O2. The smallest absolute Gasteiger partial charge is 0.180 e. The quantitative estimate of drug-likeness (QED) is 0.500. The van der Waals surface area contributed by atoms with Crippen molar-refractivity contribution in [1.29, 1.82) is 0 Å². The lowest BCUT2D eigenvalue weighted by molar-refractivity contribution is 0.259. The van der Waals surface area contributed by atoms with E-state index in [1.807, 2.05) is 19.1 Å². The van der Waals surface area contributed by atoms with Crippen LogP contribution in [0.3, 0.4) is 0 Å². The Bertz CT molecular complexity index is 830. The molecule has 0 aliphatic carbocycles. The predicted molar refractivity (Wildman–Crippen MR) is 120 cm³/mol. The van der Waals surface area contributed by atoms with Crippen molar-refractivity contribution in [1.82, 2.24) is 10.2 Å². The van der Waals surface area contributed by atoms with Gasteiger partial charge in [-0.25, -0.2) is 4.39 Å². The number of halogens is 3. The zero-order valence-corrected chi connectivity index (χ0v) is 19.0. The largest absolute Gasteiger partial charge is 0.490 e. The van der Waals surface area contributed by atoms with Crippen LogP contribution in [0.5, 0.6) is 11.5 Å². The fourth-order valence-corrected chi connectivity index (χ4v) is 4.37. The van der Waals surface area contributed by atoms with Crippen LogP contribution in [0, 0.1) is 5.82 Å². The van der Waals surface area contributed by atoms with Crippen LogP contribution in [0.1, 0.15) is 37.8 Å². The minimum Gasteiger partial charge on any atom is -0.490 e. The molecule has 4 nitrogen and oxygen atoms in total. The molecule has 1 aliphatic rings. The molecule has 7 heteroatoms. The number of hydrogen-bond acceptors (Lipinski definition) is 4. The third-order valence-corrected chi connectivity index (χ3v) is 6.04. The number of benzene rings is 2. The highest BCUT2D eigenvalue weighted by Gasteiger charge is 2.22. The molecule has 0 saturated carbocycles. The average molecular weight is 455 g/mol. The van der Waals surface area contributed by atoms with E-state index in [0.717, 1.165) is 18.7 Å². The molecule has 1 fully saturated rings. The van der Waals surface area contributed by atoms with Crippen molar-refractivity contribution >= 4 is 23.2 Å². The van der Waals surface area contributed by atoms with E-state index in [1.165, 1.54) is 25.5 Å².